The average molecular weight is 520 g/mol. The lowest BCUT2D eigenvalue weighted by atomic mass is 9.79. The molecule has 0 aromatic heterocycles. The molecule has 0 saturated carbocycles. The minimum Gasteiger partial charge on any atom is -0.382 e. The number of halogens is 3. The molecule has 0 aliphatic carbocycles. The number of benzene rings is 2. The number of nitrogens with zero attached hydrogens (tertiary/aromatic N) is 1. The molecule has 0 bridgehead atoms. The zero-order chi connectivity index (χ0) is 25.0. The second-order valence-electron chi connectivity index (χ2n) is 10.2. The predicted molar refractivity (Wildman–Crippen MR) is 144 cm³/mol. The summed E-state index contributed by atoms with van der Waals surface area (Å²) >= 11 is 12.4. The Labute approximate surface area is 219 Å². The molecule has 4 rings (SSSR count). The molecule has 2 aromatic carbocycles. The van der Waals surface area contributed by atoms with Crippen molar-refractivity contribution in [2.75, 3.05) is 19.7 Å². The van der Waals surface area contributed by atoms with Gasteiger partial charge in [-0.3, -0.25) is 4.90 Å². The minimum atomic E-state index is -0.319. The lowest BCUT2D eigenvalue weighted by Crippen LogP contribution is -2.54. The lowest BCUT2D eigenvalue weighted by Gasteiger charge is -2.48. The Bertz CT molecular complexity index is 988. The average Bonchev–Trinajstić information content (AvgIpc) is 2.85. The van der Waals surface area contributed by atoms with Crippen molar-refractivity contribution in [3.8, 4) is 0 Å². The van der Waals surface area contributed by atoms with E-state index in [4.69, 9.17) is 27.9 Å². The highest BCUT2D eigenvalue weighted by molar-refractivity contribution is 6.34. The minimum absolute atomic E-state index is 0.162. The molecule has 2 aliphatic rings. The Morgan fingerprint density at radius 2 is 1.77 bits per heavy atom. The van der Waals surface area contributed by atoms with Crippen LogP contribution in [0, 0.1) is 11.7 Å². The van der Waals surface area contributed by atoms with Crippen molar-refractivity contribution in [3.05, 3.63) is 81.2 Å². The van der Waals surface area contributed by atoms with Crippen molar-refractivity contribution in [2.24, 2.45) is 5.92 Å². The van der Waals surface area contributed by atoms with Crippen LogP contribution in [0.2, 0.25) is 10.0 Å². The van der Waals surface area contributed by atoms with E-state index in [1.807, 2.05) is 24.3 Å². The Morgan fingerprint density at radius 3 is 2.31 bits per heavy atom. The molecule has 1 N–H and O–H groups in total. The van der Waals surface area contributed by atoms with E-state index in [1.54, 1.807) is 18.2 Å². The quantitative estimate of drug-likeness (QED) is 0.408. The maximum atomic E-state index is 13.3. The Hall–Kier alpha value is -1.59. The van der Waals surface area contributed by atoms with Gasteiger partial charge in [-0.05, 0) is 99.0 Å². The van der Waals surface area contributed by atoms with Crippen LogP contribution in [0.25, 0.3) is 0 Å². The predicted octanol–water partition coefficient (Wildman–Crippen LogP) is 7.58. The number of likely N-dealkylation sites (tertiary alicyclic amines) is 1. The summed E-state index contributed by atoms with van der Waals surface area (Å²) in [5, 5.41) is 4.93. The van der Waals surface area contributed by atoms with Gasteiger partial charge in [0.25, 0.3) is 0 Å². The summed E-state index contributed by atoms with van der Waals surface area (Å²) in [6.45, 7) is 10.1. The largest absolute Gasteiger partial charge is 0.382 e. The van der Waals surface area contributed by atoms with Crippen LogP contribution < -0.4 is 5.32 Å². The van der Waals surface area contributed by atoms with Crippen LogP contribution in [0.15, 0.2) is 54.2 Å². The van der Waals surface area contributed by atoms with Gasteiger partial charge in [-0.25, -0.2) is 4.39 Å². The summed E-state index contributed by atoms with van der Waals surface area (Å²) in [7, 11) is 0. The molecule has 2 aliphatic heterocycles. The fraction of sp³-hybridized carbons (Fsp3) is 0.517. The van der Waals surface area contributed by atoms with Crippen molar-refractivity contribution >= 4 is 23.2 Å². The molecule has 6 heteroatoms. The van der Waals surface area contributed by atoms with E-state index in [-0.39, 0.29) is 11.4 Å². The molecule has 2 saturated heterocycles. The second-order valence-corrected chi connectivity index (χ2v) is 11.1. The maximum Gasteiger partial charge on any atom is 0.123 e. The zero-order valence-corrected chi connectivity index (χ0v) is 22.5. The molecule has 35 heavy (non-hydrogen) atoms. The molecule has 2 aromatic rings. The monoisotopic (exact) mass is 518 g/mol. The molecule has 0 amide bonds. The fourth-order valence-electron chi connectivity index (χ4n) is 5.79. The van der Waals surface area contributed by atoms with Gasteiger partial charge in [0.1, 0.15) is 11.4 Å². The molecule has 2 fully saturated rings. The van der Waals surface area contributed by atoms with Gasteiger partial charge < -0.3 is 10.1 Å². The molecular formula is C29H37Cl2FN2O. The number of hydrogen-bond acceptors (Lipinski definition) is 3. The summed E-state index contributed by atoms with van der Waals surface area (Å²) in [5.74, 6) is 0.699. The van der Waals surface area contributed by atoms with E-state index >= 15 is 0 Å². The smallest absolute Gasteiger partial charge is 0.123 e. The third-order valence-electron chi connectivity index (χ3n) is 7.85. The number of nitrogens with one attached hydrogen (secondary N) is 1. The van der Waals surface area contributed by atoms with Gasteiger partial charge in [-0.1, -0.05) is 55.3 Å². The first-order valence-corrected chi connectivity index (χ1v) is 13.6. The maximum absolute atomic E-state index is 13.3. The summed E-state index contributed by atoms with van der Waals surface area (Å²) in [5.41, 5.74) is 3.13. The van der Waals surface area contributed by atoms with E-state index in [0.717, 1.165) is 56.6 Å². The second kappa shape index (κ2) is 11.6. The molecule has 2 atom stereocenters. The van der Waals surface area contributed by atoms with Crippen LogP contribution >= 0.6 is 23.2 Å². The van der Waals surface area contributed by atoms with Crippen LogP contribution in [0.1, 0.15) is 63.5 Å². The summed E-state index contributed by atoms with van der Waals surface area (Å²) in [6.07, 6.45) is 6.47. The Balaban J connectivity index is 1.35. The van der Waals surface area contributed by atoms with E-state index in [2.05, 4.69) is 37.1 Å². The highest BCUT2D eigenvalue weighted by Gasteiger charge is 2.43. The van der Waals surface area contributed by atoms with Gasteiger partial charge in [-0.2, -0.15) is 0 Å². The number of allylic oxidation sites excluding steroid dienone is 1. The van der Waals surface area contributed by atoms with E-state index in [1.165, 1.54) is 5.56 Å². The first kappa shape index (κ1) is 26.5. The van der Waals surface area contributed by atoms with Crippen molar-refractivity contribution in [1.29, 1.82) is 0 Å². The molecule has 0 radical (unpaired) electrons. The highest BCUT2D eigenvalue weighted by Crippen LogP contribution is 2.40. The van der Waals surface area contributed by atoms with E-state index in [9.17, 15) is 4.39 Å². The summed E-state index contributed by atoms with van der Waals surface area (Å²) in [4.78, 5) is 2.60. The topological polar surface area (TPSA) is 24.5 Å². The van der Waals surface area contributed by atoms with Crippen LogP contribution in [0.5, 0.6) is 0 Å². The van der Waals surface area contributed by atoms with Crippen molar-refractivity contribution in [3.63, 3.8) is 0 Å². The van der Waals surface area contributed by atoms with Crippen LogP contribution in [-0.4, -0.2) is 36.2 Å². The van der Waals surface area contributed by atoms with Gasteiger partial charge in [0, 0.05) is 28.3 Å². The molecule has 2 heterocycles. The number of ether oxygens (including phenoxy) is 1. The van der Waals surface area contributed by atoms with Gasteiger partial charge in [0.2, 0.25) is 0 Å². The van der Waals surface area contributed by atoms with Crippen molar-refractivity contribution in [1.82, 2.24) is 10.2 Å². The number of hydrogen-bond donors (Lipinski definition) is 1. The molecule has 0 spiro atoms. The third kappa shape index (κ3) is 6.22. The Kier molecular flexibility index (Phi) is 8.80. The molecule has 190 valence electrons. The number of rotatable bonds is 7. The van der Waals surface area contributed by atoms with Crippen LogP contribution in [0.4, 0.5) is 4.39 Å². The normalized spacial score (nSPS) is 24.7. The van der Waals surface area contributed by atoms with Gasteiger partial charge in [0.05, 0.1) is 6.61 Å². The molecule has 3 nitrogen and oxygen atoms in total. The molecule has 1 unspecified atom stereocenters. The van der Waals surface area contributed by atoms with Crippen LogP contribution in [0.3, 0.4) is 0 Å². The fourth-order valence-corrected chi connectivity index (χ4v) is 6.36. The SMILES string of the molecule is CC=C(NCc1cc(Cl)cc(Cl)c1)[C@@]1(C(C)C)CCC(N2CCC(c3ccc(F)cc3)CC2)CO1. The summed E-state index contributed by atoms with van der Waals surface area (Å²) in [6, 6.07) is 13.1. The molecular weight excluding hydrogens is 482 g/mol. The van der Waals surface area contributed by atoms with Crippen molar-refractivity contribution in [2.45, 2.75) is 70.6 Å². The van der Waals surface area contributed by atoms with Crippen molar-refractivity contribution < 1.29 is 9.13 Å². The van der Waals surface area contributed by atoms with E-state index in [0.29, 0.717) is 34.5 Å². The van der Waals surface area contributed by atoms with Gasteiger partial charge in [-0.15, -0.1) is 0 Å². The number of piperidine rings is 1. The first-order chi connectivity index (χ1) is 16.8. The standard InChI is InChI=1S/C29H37Cl2FN2O/c1-4-28(33-18-21-15-24(30)17-25(31)16-21)29(20(2)3)12-9-27(19-35-29)34-13-10-23(11-14-34)22-5-7-26(32)8-6-22/h4-8,15-17,20,23,27,33H,9-14,18-19H2,1-3H3/t27?,29-/m0/s1. The Morgan fingerprint density at radius 1 is 1.11 bits per heavy atom. The van der Waals surface area contributed by atoms with E-state index < -0.39 is 0 Å². The first-order valence-electron chi connectivity index (χ1n) is 12.8. The lowest BCUT2D eigenvalue weighted by molar-refractivity contribution is -0.117. The highest BCUT2D eigenvalue weighted by atomic mass is 35.5. The summed E-state index contributed by atoms with van der Waals surface area (Å²) < 4.78 is 20.0. The van der Waals surface area contributed by atoms with Gasteiger partial charge >= 0.3 is 0 Å². The van der Waals surface area contributed by atoms with Gasteiger partial charge in [0.15, 0.2) is 0 Å². The third-order valence-corrected chi connectivity index (χ3v) is 8.29. The van der Waals surface area contributed by atoms with Crippen LogP contribution in [-0.2, 0) is 11.3 Å². The zero-order valence-electron chi connectivity index (χ0n) is 21.0.